The standard InChI is InChI=1S/C23H21N3O5/c1-2-23(30)16-9-18-20-14(10-26(18)21(28)15(16)11-31-22(23)29)12(7-8-19(24)27)13-5-3-4-6-17(13)25-20/h3-6,9,30H,2,7-8,10-11H2,1H3,(H2,24,27)/t23-/m0/s1. The lowest BCUT2D eigenvalue weighted by molar-refractivity contribution is -0.172. The number of hydrogen-bond donors (Lipinski definition) is 2. The summed E-state index contributed by atoms with van der Waals surface area (Å²) in [5.41, 5.74) is 7.47. The number of esters is 1. The van der Waals surface area contributed by atoms with E-state index in [0.717, 1.165) is 22.0 Å². The highest BCUT2D eigenvalue weighted by Gasteiger charge is 2.45. The van der Waals surface area contributed by atoms with Crippen LogP contribution in [0.4, 0.5) is 0 Å². The van der Waals surface area contributed by atoms with Gasteiger partial charge in [-0.15, -0.1) is 0 Å². The lowest BCUT2D eigenvalue weighted by atomic mass is 9.86. The first-order chi connectivity index (χ1) is 14.8. The number of aromatic nitrogens is 2. The first-order valence-corrected chi connectivity index (χ1v) is 10.2. The SMILES string of the molecule is CC[C@@]1(O)C(=O)OCc2c1cc1n(c2=O)Cc2c-1nc1ccccc1c2CCC(N)=O. The summed E-state index contributed by atoms with van der Waals surface area (Å²) in [6.45, 7) is 1.79. The molecule has 2 aromatic heterocycles. The molecule has 0 spiro atoms. The Hall–Kier alpha value is -3.52. The third kappa shape index (κ3) is 2.71. The molecule has 4 heterocycles. The van der Waals surface area contributed by atoms with E-state index in [2.05, 4.69) is 0 Å². The minimum Gasteiger partial charge on any atom is -0.458 e. The normalized spacial score (nSPS) is 19.0. The van der Waals surface area contributed by atoms with Crippen LogP contribution in [0, 0.1) is 0 Å². The number of ether oxygens (including phenoxy) is 1. The van der Waals surface area contributed by atoms with E-state index in [4.69, 9.17) is 15.5 Å². The molecule has 8 heteroatoms. The fourth-order valence-electron chi connectivity index (χ4n) is 4.65. The number of nitrogens with two attached hydrogens (primary N) is 1. The van der Waals surface area contributed by atoms with Gasteiger partial charge in [0.1, 0.15) is 6.61 Å². The molecular formula is C23H21N3O5. The van der Waals surface area contributed by atoms with E-state index < -0.39 is 17.5 Å². The predicted octanol–water partition coefficient (Wildman–Crippen LogP) is 1.50. The number of hydrogen-bond acceptors (Lipinski definition) is 6. The van der Waals surface area contributed by atoms with Crippen LogP contribution in [-0.2, 0) is 39.5 Å². The van der Waals surface area contributed by atoms with Crippen molar-refractivity contribution in [1.82, 2.24) is 9.55 Å². The van der Waals surface area contributed by atoms with Crippen molar-refractivity contribution < 1.29 is 19.4 Å². The first-order valence-electron chi connectivity index (χ1n) is 10.2. The third-order valence-electron chi connectivity index (χ3n) is 6.33. The number of aryl methyl sites for hydroxylation is 1. The van der Waals surface area contributed by atoms with Crippen molar-refractivity contribution in [2.24, 2.45) is 5.73 Å². The molecule has 0 saturated carbocycles. The highest BCUT2D eigenvalue weighted by molar-refractivity contribution is 5.89. The van der Waals surface area contributed by atoms with Gasteiger partial charge in [0.05, 0.1) is 29.0 Å². The summed E-state index contributed by atoms with van der Waals surface area (Å²) in [4.78, 5) is 41.9. The van der Waals surface area contributed by atoms with E-state index in [0.29, 0.717) is 24.4 Å². The average molecular weight is 419 g/mol. The number of nitrogens with zero attached hydrogens (tertiary/aromatic N) is 2. The third-order valence-corrected chi connectivity index (χ3v) is 6.33. The Morgan fingerprint density at radius 3 is 2.81 bits per heavy atom. The van der Waals surface area contributed by atoms with Gasteiger partial charge in [0, 0.05) is 22.9 Å². The summed E-state index contributed by atoms with van der Waals surface area (Å²) in [5.74, 6) is -1.15. The molecule has 2 aliphatic heterocycles. The molecule has 2 aliphatic rings. The largest absolute Gasteiger partial charge is 0.458 e. The molecule has 3 aromatic rings. The average Bonchev–Trinajstić information content (AvgIpc) is 3.13. The number of benzene rings is 1. The van der Waals surface area contributed by atoms with Crippen LogP contribution in [0.15, 0.2) is 35.1 Å². The van der Waals surface area contributed by atoms with E-state index in [1.54, 1.807) is 17.6 Å². The quantitative estimate of drug-likeness (QED) is 0.483. The summed E-state index contributed by atoms with van der Waals surface area (Å²) in [7, 11) is 0. The molecule has 1 amide bonds. The Bertz CT molecular complexity index is 1340. The molecule has 0 aliphatic carbocycles. The van der Waals surface area contributed by atoms with Crippen molar-refractivity contribution in [3.05, 3.63) is 62.9 Å². The van der Waals surface area contributed by atoms with Gasteiger partial charge in [-0.05, 0) is 30.5 Å². The lowest BCUT2D eigenvalue weighted by Crippen LogP contribution is -2.44. The molecule has 3 N–H and O–H groups in total. The number of carbonyl (C=O) groups is 2. The summed E-state index contributed by atoms with van der Waals surface area (Å²) in [6, 6.07) is 9.29. The van der Waals surface area contributed by atoms with E-state index in [1.807, 2.05) is 24.3 Å². The van der Waals surface area contributed by atoms with E-state index in [-0.39, 0.29) is 36.1 Å². The summed E-state index contributed by atoms with van der Waals surface area (Å²) < 4.78 is 6.71. The fraction of sp³-hybridized carbons (Fsp3) is 0.304. The molecular weight excluding hydrogens is 398 g/mol. The van der Waals surface area contributed by atoms with Gasteiger partial charge in [0.25, 0.3) is 5.56 Å². The predicted molar refractivity (Wildman–Crippen MR) is 112 cm³/mol. The number of rotatable bonds is 4. The van der Waals surface area contributed by atoms with Gasteiger partial charge >= 0.3 is 5.97 Å². The zero-order chi connectivity index (χ0) is 21.9. The van der Waals surface area contributed by atoms with Crippen LogP contribution in [-0.4, -0.2) is 26.5 Å². The van der Waals surface area contributed by atoms with E-state index in [9.17, 15) is 19.5 Å². The maximum absolute atomic E-state index is 13.3. The van der Waals surface area contributed by atoms with Crippen molar-refractivity contribution in [3.63, 3.8) is 0 Å². The van der Waals surface area contributed by atoms with Crippen molar-refractivity contribution in [3.8, 4) is 11.4 Å². The van der Waals surface area contributed by atoms with Crippen LogP contribution in [0.3, 0.4) is 0 Å². The van der Waals surface area contributed by atoms with Crippen molar-refractivity contribution in [2.75, 3.05) is 0 Å². The maximum Gasteiger partial charge on any atom is 0.343 e. The molecule has 8 nitrogen and oxygen atoms in total. The number of primary amides is 1. The number of pyridine rings is 2. The molecule has 31 heavy (non-hydrogen) atoms. The van der Waals surface area contributed by atoms with Crippen molar-refractivity contribution >= 4 is 22.8 Å². The molecule has 0 saturated heterocycles. The zero-order valence-electron chi connectivity index (χ0n) is 17.0. The van der Waals surface area contributed by atoms with Crippen LogP contribution < -0.4 is 11.3 Å². The van der Waals surface area contributed by atoms with Crippen LogP contribution in [0.25, 0.3) is 22.3 Å². The Morgan fingerprint density at radius 2 is 2.06 bits per heavy atom. The highest BCUT2D eigenvalue weighted by atomic mass is 16.6. The molecule has 158 valence electrons. The summed E-state index contributed by atoms with van der Waals surface area (Å²) in [5, 5.41) is 11.9. The number of para-hydroxylation sites is 1. The topological polar surface area (TPSA) is 125 Å². The summed E-state index contributed by atoms with van der Waals surface area (Å²) in [6.07, 6.45) is 0.702. The summed E-state index contributed by atoms with van der Waals surface area (Å²) >= 11 is 0. The number of amides is 1. The van der Waals surface area contributed by atoms with E-state index in [1.165, 1.54) is 0 Å². The number of fused-ring (bicyclic) bond motifs is 5. The zero-order valence-corrected chi connectivity index (χ0v) is 17.0. The molecule has 0 fully saturated rings. The smallest absolute Gasteiger partial charge is 0.343 e. The van der Waals surface area contributed by atoms with Gasteiger partial charge in [-0.1, -0.05) is 25.1 Å². The van der Waals surface area contributed by atoms with Gasteiger partial charge in [0.15, 0.2) is 5.60 Å². The molecule has 0 radical (unpaired) electrons. The van der Waals surface area contributed by atoms with Gasteiger partial charge in [0.2, 0.25) is 5.91 Å². The highest BCUT2D eigenvalue weighted by Crippen LogP contribution is 2.40. The van der Waals surface area contributed by atoms with Gasteiger partial charge in [-0.25, -0.2) is 9.78 Å². The van der Waals surface area contributed by atoms with Gasteiger partial charge in [-0.2, -0.15) is 0 Å². The Balaban J connectivity index is 1.78. The lowest BCUT2D eigenvalue weighted by Gasteiger charge is -2.31. The Labute approximate surface area is 177 Å². The van der Waals surface area contributed by atoms with Gasteiger partial charge in [-0.3, -0.25) is 9.59 Å². The molecule has 1 aromatic carbocycles. The minimum atomic E-state index is -1.86. The van der Waals surface area contributed by atoms with E-state index >= 15 is 0 Å². The first kappa shape index (κ1) is 19.4. The van der Waals surface area contributed by atoms with Crippen molar-refractivity contribution in [1.29, 1.82) is 0 Å². The van der Waals surface area contributed by atoms with Gasteiger partial charge < -0.3 is 20.1 Å². The van der Waals surface area contributed by atoms with Crippen LogP contribution in [0.5, 0.6) is 0 Å². The Kier molecular flexibility index (Phi) is 4.23. The van der Waals surface area contributed by atoms with Crippen LogP contribution in [0.2, 0.25) is 0 Å². The van der Waals surface area contributed by atoms with Crippen LogP contribution >= 0.6 is 0 Å². The molecule has 5 rings (SSSR count). The maximum atomic E-state index is 13.3. The monoisotopic (exact) mass is 419 g/mol. The van der Waals surface area contributed by atoms with Crippen molar-refractivity contribution in [2.45, 2.75) is 44.9 Å². The molecule has 1 atom stereocenters. The minimum absolute atomic E-state index is 0.0869. The van der Waals surface area contributed by atoms with Crippen LogP contribution in [0.1, 0.15) is 42.0 Å². The second kappa shape index (κ2) is 6.75. The number of cyclic esters (lactones) is 1. The fourth-order valence-corrected chi connectivity index (χ4v) is 4.65. The molecule has 0 unspecified atom stereocenters. The number of carbonyl (C=O) groups excluding carboxylic acids is 2. The second-order valence-electron chi connectivity index (χ2n) is 8.00. The second-order valence-corrected chi connectivity index (χ2v) is 8.00. The Morgan fingerprint density at radius 1 is 1.29 bits per heavy atom. The molecule has 0 bridgehead atoms. The number of aliphatic hydroxyl groups is 1.